The van der Waals surface area contributed by atoms with Gasteiger partial charge in [-0.05, 0) is 45.1 Å². The molecular weight excluding hydrogens is 304 g/mol. The maximum Gasteiger partial charge on any atom is 0.242 e. The van der Waals surface area contributed by atoms with Gasteiger partial charge in [0, 0.05) is 32.1 Å². The van der Waals surface area contributed by atoms with E-state index in [9.17, 15) is 4.79 Å². The fraction of sp³-hybridized carbons (Fsp3) is 0.722. The van der Waals surface area contributed by atoms with Crippen LogP contribution < -0.4 is 10.2 Å². The van der Waals surface area contributed by atoms with E-state index in [0.717, 1.165) is 12.8 Å². The Morgan fingerprint density at radius 1 is 1.33 bits per heavy atom. The van der Waals surface area contributed by atoms with E-state index in [2.05, 4.69) is 20.2 Å². The van der Waals surface area contributed by atoms with E-state index >= 15 is 0 Å². The van der Waals surface area contributed by atoms with Gasteiger partial charge in [-0.2, -0.15) is 0 Å². The van der Waals surface area contributed by atoms with Gasteiger partial charge in [-0.25, -0.2) is 9.97 Å². The summed E-state index contributed by atoms with van der Waals surface area (Å²) in [5.41, 5.74) is -0.366. The van der Waals surface area contributed by atoms with Crippen molar-refractivity contribution in [2.75, 3.05) is 18.6 Å². The molecule has 0 aromatic carbocycles. The summed E-state index contributed by atoms with van der Waals surface area (Å²) in [4.78, 5) is 23.9. The van der Waals surface area contributed by atoms with Crippen LogP contribution in [0.2, 0.25) is 0 Å². The van der Waals surface area contributed by atoms with Gasteiger partial charge in [-0.15, -0.1) is 0 Å². The fourth-order valence-electron chi connectivity index (χ4n) is 3.90. The van der Waals surface area contributed by atoms with Crippen molar-refractivity contribution in [1.29, 1.82) is 0 Å². The number of hydrogen-bond donors (Lipinski definition) is 1. The molecule has 1 aliphatic carbocycles. The molecule has 1 aliphatic heterocycles. The van der Waals surface area contributed by atoms with E-state index in [0.29, 0.717) is 24.5 Å². The van der Waals surface area contributed by atoms with Gasteiger partial charge in [0.25, 0.3) is 0 Å². The maximum absolute atomic E-state index is 12.9. The van der Waals surface area contributed by atoms with Crippen LogP contribution in [-0.4, -0.2) is 47.2 Å². The Kier molecular flexibility index (Phi) is 5.04. The van der Waals surface area contributed by atoms with Crippen molar-refractivity contribution >= 4 is 11.9 Å². The fourth-order valence-corrected chi connectivity index (χ4v) is 3.90. The number of carbonyl (C=O) groups excluding carboxylic acids is 1. The second-order valence-electron chi connectivity index (χ2n) is 7.50. The predicted molar refractivity (Wildman–Crippen MR) is 92.8 cm³/mol. The highest BCUT2D eigenvalue weighted by Crippen LogP contribution is 2.41. The topological polar surface area (TPSA) is 67.3 Å². The number of anilines is 1. The van der Waals surface area contributed by atoms with Gasteiger partial charge in [-0.3, -0.25) is 4.79 Å². The van der Waals surface area contributed by atoms with Crippen LogP contribution in [0.1, 0.15) is 46.0 Å². The Balaban J connectivity index is 1.78. The van der Waals surface area contributed by atoms with Gasteiger partial charge in [0.1, 0.15) is 6.04 Å². The molecule has 24 heavy (non-hydrogen) atoms. The van der Waals surface area contributed by atoms with Gasteiger partial charge in [-0.1, -0.05) is 12.8 Å². The zero-order valence-electron chi connectivity index (χ0n) is 14.9. The molecule has 2 aliphatic rings. The third-order valence-electron chi connectivity index (χ3n) is 5.41. The van der Waals surface area contributed by atoms with Crippen molar-refractivity contribution in [2.45, 2.75) is 63.6 Å². The number of rotatable bonds is 5. The lowest BCUT2D eigenvalue weighted by molar-refractivity contribution is -0.123. The normalized spacial score (nSPS) is 27.0. The summed E-state index contributed by atoms with van der Waals surface area (Å²) in [7, 11) is 1.67. The smallest absolute Gasteiger partial charge is 0.242 e. The van der Waals surface area contributed by atoms with E-state index < -0.39 is 0 Å². The van der Waals surface area contributed by atoms with E-state index in [1.54, 1.807) is 19.5 Å². The first kappa shape index (κ1) is 17.1. The molecule has 2 fully saturated rings. The Morgan fingerprint density at radius 2 is 2.04 bits per heavy atom. The highest BCUT2D eigenvalue weighted by Gasteiger charge is 2.46. The summed E-state index contributed by atoms with van der Waals surface area (Å²) in [6.07, 6.45) is 9.19. The predicted octanol–water partition coefficient (Wildman–Crippen LogP) is 2.16. The molecule has 1 N–H and O–H groups in total. The van der Waals surface area contributed by atoms with E-state index in [1.165, 1.54) is 19.3 Å². The van der Waals surface area contributed by atoms with E-state index in [1.807, 2.05) is 19.9 Å². The number of amides is 1. The lowest BCUT2D eigenvalue weighted by Gasteiger charge is -2.33. The molecule has 2 heterocycles. The minimum absolute atomic E-state index is 0.0574. The van der Waals surface area contributed by atoms with Crippen molar-refractivity contribution in [3.63, 3.8) is 0 Å². The van der Waals surface area contributed by atoms with Crippen molar-refractivity contribution in [1.82, 2.24) is 15.3 Å². The Labute approximate surface area is 144 Å². The number of ether oxygens (including phenoxy) is 1. The van der Waals surface area contributed by atoms with E-state index in [4.69, 9.17) is 4.74 Å². The van der Waals surface area contributed by atoms with Crippen LogP contribution >= 0.6 is 0 Å². The summed E-state index contributed by atoms with van der Waals surface area (Å²) in [5, 5.41) is 3.06. The molecule has 3 rings (SSSR count). The SMILES string of the molecule is COC(C)(C)CNC(=O)[C@@H]1C[C@H]2CCCC[C@@H]2N1c1ncccn1. The number of methoxy groups -OCH3 is 1. The van der Waals surface area contributed by atoms with Crippen molar-refractivity contribution in [3.05, 3.63) is 18.5 Å². The third kappa shape index (κ3) is 3.53. The first-order valence-electron chi connectivity index (χ1n) is 8.90. The molecule has 1 saturated carbocycles. The van der Waals surface area contributed by atoms with Crippen LogP contribution in [0.5, 0.6) is 0 Å². The van der Waals surface area contributed by atoms with Crippen LogP contribution in [0.4, 0.5) is 5.95 Å². The molecule has 1 saturated heterocycles. The first-order chi connectivity index (χ1) is 11.5. The van der Waals surface area contributed by atoms with Crippen LogP contribution in [0.15, 0.2) is 18.5 Å². The number of nitrogens with one attached hydrogen (secondary N) is 1. The Hall–Kier alpha value is -1.69. The molecule has 1 amide bonds. The number of fused-ring (bicyclic) bond motifs is 1. The summed E-state index contributed by atoms with van der Waals surface area (Å²) in [6, 6.07) is 2.01. The first-order valence-corrected chi connectivity index (χ1v) is 8.90. The second kappa shape index (κ2) is 7.05. The van der Waals surface area contributed by atoms with Crippen molar-refractivity contribution in [2.24, 2.45) is 5.92 Å². The highest BCUT2D eigenvalue weighted by atomic mass is 16.5. The molecule has 0 radical (unpaired) electrons. The summed E-state index contributed by atoms with van der Waals surface area (Å²) < 4.78 is 5.40. The molecule has 6 heteroatoms. The number of nitrogens with zero attached hydrogens (tertiary/aromatic N) is 3. The highest BCUT2D eigenvalue weighted by molar-refractivity contribution is 5.85. The quantitative estimate of drug-likeness (QED) is 0.895. The maximum atomic E-state index is 12.9. The molecule has 3 atom stereocenters. The lowest BCUT2D eigenvalue weighted by atomic mass is 9.85. The zero-order chi connectivity index (χ0) is 17.2. The molecule has 132 valence electrons. The van der Waals surface area contributed by atoms with Crippen LogP contribution in [0, 0.1) is 5.92 Å². The van der Waals surface area contributed by atoms with Crippen molar-refractivity contribution in [3.8, 4) is 0 Å². The molecule has 6 nitrogen and oxygen atoms in total. The lowest BCUT2D eigenvalue weighted by Crippen LogP contribution is -2.50. The molecule has 1 aromatic heterocycles. The minimum Gasteiger partial charge on any atom is -0.377 e. The number of hydrogen-bond acceptors (Lipinski definition) is 5. The number of carbonyl (C=O) groups is 1. The molecule has 0 bridgehead atoms. The van der Waals surface area contributed by atoms with Gasteiger partial charge in [0.05, 0.1) is 5.60 Å². The number of aromatic nitrogens is 2. The van der Waals surface area contributed by atoms with Crippen molar-refractivity contribution < 1.29 is 9.53 Å². The van der Waals surface area contributed by atoms with Gasteiger partial charge >= 0.3 is 0 Å². The van der Waals surface area contributed by atoms with Crippen LogP contribution in [-0.2, 0) is 9.53 Å². The average molecular weight is 332 g/mol. The van der Waals surface area contributed by atoms with E-state index in [-0.39, 0.29) is 17.6 Å². The standard InChI is InChI=1S/C18H28N4O2/c1-18(2,24-3)12-21-16(23)15-11-13-7-4-5-8-14(13)22(15)17-19-9-6-10-20-17/h6,9-10,13-15H,4-5,7-8,11-12H2,1-3H3,(H,21,23)/t13-,14+,15+/m1/s1. The van der Waals surface area contributed by atoms with Gasteiger partial charge < -0.3 is 15.0 Å². The summed E-state index contributed by atoms with van der Waals surface area (Å²) in [6.45, 7) is 4.44. The monoisotopic (exact) mass is 332 g/mol. The average Bonchev–Trinajstić information content (AvgIpc) is 3.00. The van der Waals surface area contributed by atoms with Gasteiger partial charge in [0.15, 0.2) is 0 Å². The summed E-state index contributed by atoms with van der Waals surface area (Å²) in [5.74, 6) is 1.30. The molecule has 0 unspecified atom stereocenters. The Morgan fingerprint density at radius 3 is 2.75 bits per heavy atom. The third-order valence-corrected chi connectivity index (χ3v) is 5.41. The Bertz CT molecular complexity index is 563. The van der Waals surface area contributed by atoms with Gasteiger partial charge in [0.2, 0.25) is 11.9 Å². The minimum atomic E-state index is -0.366. The second-order valence-corrected chi connectivity index (χ2v) is 7.50. The molecule has 0 spiro atoms. The largest absolute Gasteiger partial charge is 0.377 e. The van der Waals surface area contributed by atoms with Crippen LogP contribution in [0.3, 0.4) is 0 Å². The molecule has 1 aromatic rings. The molecular formula is C18H28N4O2. The summed E-state index contributed by atoms with van der Waals surface area (Å²) >= 11 is 0. The zero-order valence-corrected chi connectivity index (χ0v) is 14.9. The van der Waals surface area contributed by atoms with Crippen LogP contribution in [0.25, 0.3) is 0 Å².